The summed E-state index contributed by atoms with van der Waals surface area (Å²) in [6.45, 7) is 10.9. The first-order valence-corrected chi connectivity index (χ1v) is 7.02. The van der Waals surface area contributed by atoms with Gasteiger partial charge in [0.15, 0.2) is 0 Å². The first kappa shape index (κ1) is 15.7. The van der Waals surface area contributed by atoms with Crippen LogP contribution in [0, 0.1) is 0 Å². The molecule has 0 aliphatic carbocycles. The van der Waals surface area contributed by atoms with Crippen molar-refractivity contribution < 1.29 is 4.79 Å². The van der Waals surface area contributed by atoms with E-state index < -0.39 is 0 Å². The van der Waals surface area contributed by atoms with E-state index in [0.717, 1.165) is 0 Å². The van der Waals surface area contributed by atoms with Crippen LogP contribution in [0.4, 0.5) is 0 Å². The summed E-state index contributed by atoms with van der Waals surface area (Å²) in [4.78, 5) is 11.7. The summed E-state index contributed by atoms with van der Waals surface area (Å²) in [5, 5.41) is 6.14. The Morgan fingerprint density at radius 3 is 2.11 bits per heavy atom. The fourth-order valence-corrected chi connectivity index (χ4v) is 1.79. The SMILES string of the molecule is CC(C)NC(=O)C(C)NCc1ccc(C(C)C)cc1. The van der Waals surface area contributed by atoms with E-state index in [1.807, 2.05) is 20.8 Å². The quantitative estimate of drug-likeness (QED) is 0.827. The second-order valence-corrected chi connectivity index (χ2v) is 5.66. The van der Waals surface area contributed by atoms with Gasteiger partial charge in [0.1, 0.15) is 0 Å². The normalized spacial score (nSPS) is 12.8. The van der Waals surface area contributed by atoms with Gasteiger partial charge in [0.05, 0.1) is 6.04 Å². The molecule has 106 valence electrons. The highest BCUT2D eigenvalue weighted by Crippen LogP contribution is 2.14. The smallest absolute Gasteiger partial charge is 0.237 e. The largest absolute Gasteiger partial charge is 0.353 e. The fraction of sp³-hybridized carbons (Fsp3) is 0.562. The maximum Gasteiger partial charge on any atom is 0.237 e. The number of carbonyl (C=O) groups is 1. The van der Waals surface area contributed by atoms with Gasteiger partial charge in [-0.1, -0.05) is 38.1 Å². The van der Waals surface area contributed by atoms with Crippen molar-refractivity contribution in [3.63, 3.8) is 0 Å². The molecule has 0 saturated carbocycles. The molecule has 0 saturated heterocycles. The molecule has 1 atom stereocenters. The molecule has 0 heterocycles. The van der Waals surface area contributed by atoms with Gasteiger partial charge in [-0.05, 0) is 37.8 Å². The van der Waals surface area contributed by atoms with E-state index >= 15 is 0 Å². The molecule has 3 nitrogen and oxygen atoms in total. The lowest BCUT2D eigenvalue weighted by molar-refractivity contribution is -0.123. The predicted molar refractivity (Wildman–Crippen MR) is 80.1 cm³/mol. The van der Waals surface area contributed by atoms with Crippen molar-refractivity contribution >= 4 is 5.91 Å². The van der Waals surface area contributed by atoms with E-state index in [1.54, 1.807) is 0 Å². The summed E-state index contributed by atoms with van der Waals surface area (Å²) in [6.07, 6.45) is 0. The van der Waals surface area contributed by atoms with Crippen molar-refractivity contribution in [3.05, 3.63) is 35.4 Å². The molecule has 1 unspecified atom stereocenters. The van der Waals surface area contributed by atoms with Gasteiger partial charge < -0.3 is 10.6 Å². The molecule has 1 rings (SSSR count). The average Bonchev–Trinajstić information content (AvgIpc) is 2.35. The molecule has 3 heteroatoms. The predicted octanol–water partition coefficient (Wildman–Crippen LogP) is 2.81. The highest BCUT2D eigenvalue weighted by Gasteiger charge is 2.12. The number of rotatable bonds is 6. The zero-order valence-electron chi connectivity index (χ0n) is 12.7. The average molecular weight is 262 g/mol. The number of amides is 1. The number of hydrogen-bond acceptors (Lipinski definition) is 2. The standard InChI is InChI=1S/C16H26N2O/c1-11(2)15-8-6-14(7-9-15)10-17-13(5)16(19)18-12(3)4/h6-9,11-13,17H,10H2,1-5H3,(H,18,19). The Labute approximate surface area is 116 Å². The van der Waals surface area contributed by atoms with Gasteiger partial charge in [0, 0.05) is 12.6 Å². The minimum atomic E-state index is -0.174. The third-order valence-electron chi connectivity index (χ3n) is 3.08. The Balaban J connectivity index is 2.45. The maximum absolute atomic E-state index is 11.7. The lowest BCUT2D eigenvalue weighted by Gasteiger charge is -2.16. The van der Waals surface area contributed by atoms with Crippen LogP contribution in [0.1, 0.15) is 51.7 Å². The topological polar surface area (TPSA) is 41.1 Å². The van der Waals surface area contributed by atoms with Gasteiger partial charge in [0.2, 0.25) is 5.91 Å². The number of carbonyl (C=O) groups excluding carboxylic acids is 1. The van der Waals surface area contributed by atoms with Crippen LogP contribution < -0.4 is 10.6 Å². The first-order chi connectivity index (χ1) is 8.90. The van der Waals surface area contributed by atoms with Crippen molar-refractivity contribution in [2.75, 3.05) is 0 Å². The highest BCUT2D eigenvalue weighted by molar-refractivity contribution is 5.81. The summed E-state index contributed by atoms with van der Waals surface area (Å²) in [7, 11) is 0. The lowest BCUT2D eigenvalue weighted by Crippen LogP contribution is -2.44. The molecule has 1 aromatic carbocycles. The molecule has 0 bridgehead atoms. The zero-order valence-corrected chi connectivity index (χ0v) is 12.7. The number of hydrogen-bond donors (Lipinski definition) is 2. The molecule has 0 radical (unpaired) electrons. The molecule has 0 aliphatic rings. The van der Waals surface area contributed by atoms with Crippen LogP contribution in [-0.4, -0.2) is 18.0 Å². The van der Waals surface area contributed by atoms with Crippen LogP contribution in [0.2, 0.25) is 0 Å². The third-order valence-corrected chi connectivity index (χ3v) is 3.08. The Hall–Kier alpha value is -1.35. The molecule has 0 aliphatic heterocycles. The molecule has 0 fully saturated rings. The summed E-state index contributed by atoms with van der Waals surface area (Å²) < 4.78 is 0. The van der Waals surface area contributed by atoms with E-state index in [4.69, 9.17) is 0 Å². The zero-order chi connectivity index (χ0) is 14.4. The van der Waals surface area contributed by atoms with E-state index in [9.17, 15) is 4.79 Å². The molecule has 19 heavy (non-hydrogen) atoms. The van der Waals surface area contributed by atoms with Crippen LogP contribution in [0.3, 0.4) is 0 Å². The monoisotopic (exact) mass is 262 g/mol. The second-order valence-electron chi connectivity index (χ2n) is 5.66. The first-order valence-electron chi connectivity index (χ1n) is 7.02. The summed E-state index contributed by atoms with van der Waals surface area (Å²) in [6, 6.07) is 8.56. The summed E-state index contributed by atoms with van der Waals surface area (Å²) >= 11 is 0. The molecule has 1 aromatic rings. The van der Waals surface area contributed by atoms with Gasteiger partial charge in [0.25, 0.3) is 0 Å². The van der Waals surface area contributed by atoms with E-state index in [-0.39, 0.29) is 18.0 Å². The van der Waals surface area contributed by atoms with E-state index in [1.165, 1.54) is 11.1 Å². The molecular formula is C16H26N2O. The van der Waals surface area contributed by atoms with Crippen LogP contribution in [-0.2, 0) is 11.3 Å². The Kier molecular flexibility index (Phi) is 6.03. The van der Waals surface area contributed by atoms with Crippen molar-refractivity contribution in [3.8, 4) is 0 Å². The summed E-state index contributed by atoms with van der Waals surface area (Å²) in [5.74, 6) is 0.603. The molecular weight excluding hydrogens is 236 g/mol. The minimum absolute atomic E-state index is 0.0498. The van der Waals surface area contributed by atoms with Gasteiger partial charge in [-0.2, -0.15) is 0 Å². The number of benzene rings is 1. The van der Waals surface area contributed by atoms with Crippen molar-refractivity contribution in [1.82, 2.24) is 10.6 Å². The van der Waals surface area contributed by atoms with Gasteiger partial charge in [-0.25, -0.2) is 0 Å². The van der Waals surface area contributed by atoms with Crippen LogP contribution in [0.15, 0.2) is 24.3 Å². The van der Waals surface area contributed by atoms with E-state index in [2.05, 4.69) is 48.7 Å². The van der Waals surface area contributed by atoms with Crippen molar-refractivity contribution in [2.24, 2.45) is 0 Å². The fourth-order valence-electron chi connectivity index (χ4n) is 1.79. The van der Waals surface area contributed by atoms with Gasteiger partial charge in [-0.15, -0.1) is 0 Å². The Morgan fingerprint density at radius 1 is 1.05 bits per heavy atom. The van der Waals surface area contributed by atoms with Crippen molar-refractivity contribution in [2.45, 2.75) is 59.2 Å². The summed E-state index contributed by atoms with van der Waals surface area (Å²) in [5.41, 5.74) is 2.54. The highest BCUT2D eigenvalue weighted by atomic mass is 16.2. The molecule has 1 amide bonds. The molecule has 0 spiro atoms. The van der Waals surface area contributed by atoms with Crippen LogP contribution >= 0.6 is 0 Å². The minimum Gasteiger partial charge on any atom is -0.353 e. The Bertz CT molecular complexity index is 396. The molecule has 0 aromatic heterocycles. The van der Waals surface area contributed by atoms with Gasteiger partial charge in [-0.3, -0.25) is 4.79 Å². The number of nitrogens with one attached hydrogen (secondary N) is 2. The lowest BCUT2D eigenvalue weighted by atomic mass is 10.0. The maximum atomic E-state index is 11.7. The van der Waals surface area contributed by atoms with Crippen molar-refractivity contribution in [1.29, 1.82) is 0 Å². The van der Waals surface area contributed by atoms with Crippen LogP contribution in [0.5, 0.6) is 0 Å². The molecule has 2 N–H and O–H groups in total. The second kappa shape index (κ2) is 7.29. The van der Waals surface area contributed by atoms with Crippen LogP contribution in [0.25, 0.3) is 0 Å². The Morgan fingerprint density at radius 2 is 1.63 bits per heavy atom. The van der Waals surface area contributed by atoms with E-state index in [0.29, 0.717) is 12.5 Å². The third kappa shape index (κ3) is 5.43. The van der Waals surface area contributed by atoms with Gasteiger partial charge >= 0.3 is 0 Å².